The van der Waals surface area contributed by atoms with Gasteiger partial charge in [0.05, 0.1) is 15.5 Å². The second-order valence-electron chi connectivity index (χ2n) is 5.16. The molecule has 0 aliphatic carbocycles. The Morgan fingerprint density at radius 2 is 1.58 bits per heavy atom. The summed E-state index contributed by atoms with van der Waals surface area (Å²) in [5.74, 6) is 0. The number of aryl methyl sites for hydroxylation is 2. The summed E-state index contributed by atoms with van der Waals surface area (Å²) in [4.78, 5) is -0.0621. The van der Waals surface area contributed by atoms with Crippen LogP contribution in [-0.4, -0.2) is 8.42 Å². The zero-order valence-corrected chi connectivity index (χ0v) is 14.8. The summed E-state index contributed by atoms with van der Waals surface area (Å²) >= 11 is 11.5. The van der Waals surface area contributed by atoms with Gasteiger partial charge in [-0.2, -0.15) is 13.2 Å². The SMILES string of the molecule is Cc1cc(S(=O)(=O)Nc2ccc(Cl)c(C(F)(F)F)c2)c(C)cc1Cl. The van der Waals surface area contributed by atoms with Gasteiger partial charge in [0.2, 0.25) is 0 Å². The van der Waals surface area contributed by atoms with Crippen LogP contribution in [-0.2, 0) is 16.2 Å². The summed E-state index contributed by atoms with van der Waals surface area (Å²) in [6.07, 6.45) is -4.69. The van der Waals surface area contributed by atoms with Crippen molar-refractivity contribution >= 4 is 38.9 Å². The number of benzene rings is 2. The molecule has 0 heterocycles. The smallest absolute Gasteiger partial charge is 0.280 e. The lowest BCUT2D eigenvalue weighted by molar-refractivity contribution is -0.137. The number of nitrogens with one attached hydrogen (secondary N) is 1. The second kappa shape index (κ2) is 6.46. The average Bonchev–Trinajstić information content (AvgIpc) is 2.43. The van der Waals surface area contributed by atoms with Crippen molar-refractivity contribution in [1.82, 2.24) is 0 Å². The lowest BCUT2D eigenvalue weighted by Gasteiger charge is -2.14. The Morgan fingerprint density at radius 3 is 2.17 bits per heavy atom. The molecule has 0 saturated carbocycles. The zero-order valence-electron chi connectivity index (χ0n) is 12.5. The highest BCUT2D eigenvalue weighted by Gasteiger charge is 2.33. The van der Waals surface area contributed by atoms with Gasteiger partial charge in [0.1, 0.15) is 0 Å². The molecule has 2 aromatic rings. The van der Waals surface area contributed by atoms with Crippen LogP contribution in [0.3, 0.4) is 0 Å². The summed E-state index contributed by atoms with van der Waals surface area (Å²) in [6.45, 7) is 3.17. The number of hydrogen-bond acceptors (Lipinski definition) is 2. The first kappa shape index (κ1) is 18.9. The van der Waals surface area contributed by atoms with Gasteiger partial charge in [-0.15, -0.1) is 0 Å². The van der Waals surface area contributed by atoms with E-state index in [1.165, 1.54) is 12.1 Å². The predicted molar refractivity (Wildman–Crippen MR) is 88.2 cm³/mol. The zero-order chi connectivity index (χ0) is 18.3. The first-order chi connectivity index (χ1) is 10.9. The van der Waals surface area contributed by atoms with Crippen molar-refractivity contribution in [2.75, 3.05) is 4.72 Å². The number of anilines is 1. The Kier molecular flexibility index (Phi) is 5.09. The number of rotatable bonds is 3. The maximum Gasteiger partial charge on any atom is 0.417 e. The van der Waals surface area contributed by atoms with Crippen molar-refractivity contribution in [3.05, 3.63) is 57.1 Å². The van der Waals surface area contributed by atoms with Crippen LogP contribution in [0.25, 0.3) is 0 Å². The van der Waals surface area contributed by atoms with Crippen LogP contribution < -0.4 is 4.72 Å². The highest BCUT2D eigenvalue weighted by atomic mass is 35.5. The highest BCUT2D eigenvalue weighted by molar-refractivity contribution is 7.92. The van der Waals surface area contributed by atoms with Crippen LogP contribution >= 0.6 is 23.2 Å². The molecule has 2 aromatic carbocycles. The molecule has 0 bridgehead atoms. The molecule has 0 radical (unpaired) electrons. The van der Waals surface area contributed by atoms with E-state index in [1.807, 2.05) is 0 Å². The van der Waals surface area contributed by atoms with Crippen LogP contribution in [0.1, 0.15) is 16.7 Å². The summed E-state index contributed by atoms with van der Waals surface area (Å²) in [7, 11) is -4.08. The van der Waals surface area contributed by atoms with Crippen LogP contribution in [0.4, 0.5) is 18.9 Å². The summed E-state index contributed by atoms with van der Waals surface area (Å²) in [5, 5.41) is -0.110. The van der Waals surface area contributed by atoms with Crippen LogP contribution in [0.15, 0.2) is 35.2 Å². The largest absolute Gasteiger partial charge is 0.417 e. The van der Waals surface area contributed by atoms with E-state index in [2.05, 4.69) is 4.72 Å². The van der Waals surface area contributed by atoms with Gasteiger partial charge >= 0.3 is 6.18 Å². The van der Waals surface area contributed by atoms with E-state index in [1.54, 1.807) is 13.8 Å². The number of halogens is 5. The lowest BCUT2D eigenvalue weighted by atomic mass is 10.2. The molecule has 2 rings (SSSR count). The molecule has 9 heteroatoms. The molecule has 0 amide bonds. The van der Waals surface area contributed by atoms with E-state index >= 15 is 0 Å². The molecule has 0 saturated heterocycles. The molecule has 0 atom stereocenters. The normalized spacial score (nSPS) is 12.3. The molecule has 24 heavy (non-hydrogen) atoms. The van der Waals surface area contributed by atoms with Gasteiger partial charge in [-0.3, -0.25) is 4.72 Å². The molecular weight excluding hydrogens is 386 g/mol. The Balaban J connectivity index is 2.46. The third-order valence-corrected chi connectivity index (χ3v) is 5.53. The van der Waals surface area contributed by atoms with E-state index < -0.39 is 26.8 Å². The van der Waals surface area contributed by atoms with Gasteiger partial charge in [-0.1, -0.05) is 23.2 Å². The average molecular weight is 398 g/mol. The maximum absolute atomic E-state index is 12.9. The molecule has 0 aliphatic heterocycles. The third kappa shape index (κ3) is 3.96. The van der Waals surface area contributed by atoms with E-state index in [9.17, 15) is 21.6 Å². The van der Waals surface area contributed by atoms with Crippen LogP contribution in [0, 0.1) is 13.8 Å². The molecule has 130 valence electrons. The van der Waals surface area contributed by atoms with Gasteiger partial charge in [0, 0.05) is 10.7 Å². The Hall–Kier alpha value is -1.44. The molecule has 1 N–H and O–H groups in total. The summed E-state index contributed by atoms with van der Waals surface area (Å²) in [6, 6.07) is 5.64. The van der Waals surface area contributed by atoms with Gasteiger partial charge < -0.3 is 0 Å². The summed E-state index contributed by atoms with van der Waals surface area (Å²) in [5.41, 5.74) is -0.440. The van der Waals surface area contributed by atoms with Crippen LogP contribution in [0.2, 0.25) is 10.0 Å². The van der Waals surface area contributed by atoms with Crippen molar-refractivity contribution in [2.45, 2.75) is 24.9 Å². The molecular formula is C15H12Cl2F3NO2S. The Morgan fingerprint density at radius 1 is 0.958 bits per heavy atom. The molecule has 3 nitrogen and oxygen atoms in total. The van der Waals surface area contributed by atoms with E-state index in [-0.39, 0.29) is 10.6 Å². The van der Waals surface area contributed by atoms with Gasteiger partial charge in [0.25, 0.3) is 10.0 Å². The summed E-state index contributed by atoms with van der Waals surface area (Å²) < 4.78 is 65.7. The predicted octanol–water partition coefficient (Wildman–Crippen LogP) is 5.43. The van der Waals surface area contributed by atoms with Gasteiger partial charge in [0.15, 0.2) is 0 Å². The molecule has 0 unspecified atom stereocenters. The topological polar surface area (TPSA) is 46.2 Å². The Bertz CT molecular complexity index is 896. The fourth-order valence-corrected chi connectivity index (χ4v) is 3.86. The van der Waals surface area contributed by atoms with Crippen molar-refractivity contribution in [1.29, 1.82) is 0 Å². The molecule has 0 aromatic heterocycles. The third-order valence-electron chi connectivity index (χ3n) is 3.27. The van der Waals surface area contributed by atoms with Crippen molar-refractivity contribution in [3.63, 3.8) is 0 Å². The second-order valence-corrected chi connectivity index (χ2v) is 7.63. The molecule has 0 aliphatic rings. The van der Waals surface area contributed by atoms with Crippen LogP contribution in [0.5, 0.6) is 0 Å². The van der Waals surface area contributed by atoms with Gasteiger partial charge in [-0.25, -0.2) is 8.42 Å². The lowest BCUT2D eigenvalue weighted by Crippen LogP contribution is -2.15. The number of sulfonamides is 1. The molecule has 0 spiro atoms. The fraction of sp³-hybridized carbons (Fsp3) is 0.200. The standard InChI is InChI=1S/C15H12Cl2F3NO2S/c1-8-6-14(9(2)5-13(8)17)24(22,23)21-10-3-4-12(16)11(7-10)15(18,19)20/h3-7,21H,1-2H3. The fourth-order valence-electron chi connectivity index (χ4n) is 2.06. The first-order valence-corrected chi connectivity index (χ1v) is 8.82. The maximum atomic E-state index is 12.9. The van der Waals surface area contributed by atoms with E-state index in [0.717, 1.165) is 12.1 Å². The molecule has 0 fully saturated rings. The van der Waals surface area contributed by atoms with E-state index in [4.69, 9.17) is 23.2 Å². The van der Waals surface area contributed by atoms with Gasteiger partial charge in [-0.05, 0) is 55.3 Å². The quantitative estimate of drug-likeness (QED) is 0.750. The van der Waals surface area contributed by atoms with E-state index in [0.29, 0.717) is 22.2 Å². The minimum Gasteiger partial charge on any atom is -0.280 e. The first-order valence-electron chi connectivity index (χ1n) is 6.58. The van der Waals surface area contributed by atoms with Crippen molar-refractivity contribution in [3.8, 4) is 0 Å². The minimum atomic E-state index is -4.69. The Labute approximate surface area is 147 Å². The highest BCUT2D eigenvalue weighted by Crippen LogP contribution is 2.36. The van der Waals surface area contributed by atoms with Crippen molar-refractivity contribution < 1.29 is 21.6 Å². The monoisotopic (exact) mass is 397 g/mol. The van der Waals surface area contributed by atoms with Crippen molar-refractivity contribution in [2.24, 2.45) is 0 Å². The minimum absolute atomic E-state index is 0.0621. The number of hydrogen-bond donors (Lipinski definition) is 1. The number of alkyl halides is 3.